The van der Waals surface area contributed by atoms with Gasteiger partial charge >= 0.3 is 0 Å². The highest BCUT2D eigenvalue weighted by Crippen LogP contribution is 2.23. The van der Waals surface area contributed by atoms with Crippen LogP contribution in [0.4, 0.5) is 5.95 Å². The maximum atomic E-state index is 12.2. The molecule has 0 spiro atoms. The molecule has 0 unspecified atom stereocenters. The van der Waals surface area contributed by atoms with E-state index in [4.69, 9.17) is 5.73 Å². The first-order chi connectivity index (χ1) is 8.34. The monoisotopic (exact) mass is 252 g/mol. The second-order valence-electron chi connectivity index (χ2n) is 4.78. The van der Waals surface area contributed by atoms with Crippen molar-refractivity contribution in [2.24, 2.45) is 0 Å². The Morgan fingerprint density at radius 3 is 2.67 bits per heavy atom. The average Bonchev–Trinajstić information content (AvgIpc) is 2.72. The van der Waals surface area contributed by atoms with Crippen molar-refractivity contribution in [1.82, 2.24) is 25.0 Å². The van der Waals surface area contributed by atoms with Gasteiger partial charge in [-0.1, -0.05) is 0 Å². The third-order valence-corrected chi connectivity index (χ3v) is 3.15. The van der Waals surface area contributed by atoms with Gasteiger partial charge in [-0.2, -0.15) is 4.98 Å². The van der Waals surface area contributed by atoms with Crippen molar-refractivity contribution in [3.05, 3.63) is 5.82 Å². The smallest absolute Gasteiger partial charge is 0.292 e. The number of aromatic amines is 1. The molecule has 0 atom stereocenters. The van der Waals surface area contributed by atoms with E-state index >= 15 is 0 Å². The van der Waals surface area contributed by atoms with Crippen LogP contribution in [0.2, 0.25) is 0 Å². The van der Waals surface area contributed by atoms with E-state index in [2.05, 4.69) is 15.2 Å². The zero-order valence-corrected chi connectivity index (χ0v) is 10.6. The number of rotatable bonds is 1. The molecule has 0 bridgehead atoms. The molecule has 0 radical (unpaired) electrons. The molecular weight excluding hydrogens is 236 g/mol. The topological polar surface area (TPSA) is 108 Å². The van der Waals surface area contributed by atoms with Crippen LogP contribution in [0, 0.1) is 0 Å². The lowest BCUT2D eigenvalue weighted by molar-refractivity contribution is -0.144. The molecule has 0 aromatic carbocycles. The van der Waals surface area contributed by atoms with Gasteiger partial charge in [0.2, 0.25) is 17.7 Å². The van der Waals surface area contributed by atoms with E-state index in [1.807, 2.05) is 0 Å². The number of amides is 2. The summed E-state index contributed by atoms with van der Waals surface area (Å²) in [6.45, 7) is 4.37. The molecule has 2 heterocycles. The predicted octanol–water partition coefficient (Wildman–Crippen LogP) is -0.920. The molecule has 1 fully saturated rings. The standard InChI is InChI=1S/C10H16N6O2/c1-10(2)8(18)15(3)4-5-16(10)7(17)6-12-9(11)14-13-6/h4-5H2,1-3H3,(H3,11,12,13,14). The van der Waals surface area contributed by atoms with E-state index in [0.29, 0.717) is 13.1 Å². The van der Waals surface area contributed by atoms with Gasteiger partial charge in [0.25, 0.3) is 5.91 Å². The van der Waals surface area contributed by atoms with Crippen LogP contribution in [0.25, 0.3) is 0 Å². The highest BCUT2D eigenvalue weighted by molar-refractivity contribution is 5.97. The summed E-state index contributed by atoms with van der Waals surface area (Å²) in [6.07, 6.45) is 0. The van der Waals surface area contributed by atoms with Gasteiger partial charge in [-0.15, -0.1) is 5.10 Å². The van der Waals surface area contributed by atoms with Crippen molar-refractivity contribution in [3.8, 4) is 0 Å². The molecule has 1 aromatic rings. The van der Waals surface area contributed by atoms with Gasteiger partial charge in [0.05, 0.1) is 0 Å². The SMILES string of the molecule is CN1CCN(C(=O)c2nc(N)n[nH]2)C(C)(C)C1=O. The van der Waals surface area contributed by atoms with Crippen molar-refractivity contribution in [2.75, 3.05) is 25.9 Å². The number of anilines is 1. The second-order valence-corrected chi connectivity index (χ2v) is 4.78. The number of carbonyl (C=O) groups is 2. The van der Waals surface area contributed by atoms with E-state index < -0.39 is 5.54 Å². The fourth-order valence-corrected chi connectivity index (χ4v) is 2.07. The summed E-state index contributed by atoms with van der Waals surface area (Å²) in [5.74, 6) is -0.408. The summed E-state index contributed by atoms with van der Waals surface area (Å²) in [5, 5.41) is 6.08. The van der Waals surface area contributed by atoms with Gasteiger partial charge in [-0.3, -0.25) is 14.7 Å². The molecule has 0 saturated carbocycles. The Balaban J connectivity index is 2.28. The number of aromatic nitrogens is 3. The molecule has 1 aliphatic heterocycles. The van der Waals surface area contributed by atoms with Crippen molar-refractivity contribution < 1.29 is 9.59 Å². The Morgan fingerprint density at radius 2 is 2.11 bits per heavy atom. The van der Waals surface area contributed by atoms with Crippen LogP contribution in [0.5, 0.6) is 0 Å². The molecule has 1 aliphatic rings. The number of hydrogen-bond donors (Lipinski definition) is 2. The Bertz CT molecular complexity index is 494. The van der Waals surface area contributed by atoms with Gasteiger partial charge in [0.15, 0.2) is 0 Å². The van der Waals surface area contributed by atoms with E-state index in [-0.39, 0.29) is 23.6 Å². The normalized spacial score (nSPS) is 19.2. The molecule has 8 nitrogen and oxygen atoms in total. The zero-order valence-electron chi connectivity index (χ0n) is 10.6. The lowest BCUT2D eigenvalue weighted by Gasteiger charge is -2.44. The molecule has 18 heavy (non-hydrogen) atoms. The first-order valence-electron chi connectivity index (χ1n) is 5.59. The van der Waals surface area contributed by atoms with Crippen LogP contribution in [-0.2, 0) is 4.79 Å². The van der Waals surface area contributed by atoms with E-state index in [9.17, 15) is 9.59 Å². The fraction of sp³-hybridized carbons (Fsp3) is 0.600. The van der Waals surface area contributed by atoms with Gasteiger partial charge < -0.3 is 15.5 Å². The predicted molar refractivity (Wildman–Crippen MR) is 63.5 cm³/mol. The molecule has 1 aromatic heterocycles. The molecule has 8 heteroatoms. The minimum atomic E-state index is -0.897. The van der Waals surface area contributed by atoms with Gasteiger partial charge in [0.1, 0.15) is 5.54 Å². The number of piperazine rings is 1. The van der Waals surface area contributed by atoms with Gasteiger partial charge in [-0.25, -0.2) is 0 Å². The Labute approximate surface area is 104 Å². The molecule has 0 aliphatic carbocycles. The second kappa shape index (κ2) is 3.97. The number of nitrogens with one attached hydrogen (secondary N) is 1. The minimum absolute atomic E-state index is 0.0108. The lowest BCUT2D eigenvalue weighted by atomic mass is 9.97. The summed E-state index contributed by atoms with van der Waals surface area (Å²) in [6, 6.07) is 0. The number of nitrogen functional groups attached to an aromatic ring is 1. The van der Waals surface area contributed by atoms with Crippen LogP contribution in [0.3, 0.4) is 0 Å². The highest BCUT2D eigenvalue weighted by atomic mass is 16.2. The molecular formula is C10H16N6O2. The Morgan fingerprint density at radius 1 is 1.44 bits per heavy atom. The Hall–Kier alpha value is -2.12. The third-order valence-electron chi connectivity index (χ3n) is 3.15. The van der Waals surface area contributed by atoms with Crippen LogP contribution in [-0.4, -0.2) is 62.5 Å². The lowest BCUT2D eigenvalue weighted by Crippen LogP contribution is -2.63. The maximum Gasteiger partial charge on any atom is 0.292 e. The van der Waals surface area contributed by atoms with E-state index in [0.717, 1.165) is 0 Å². The first kappa shape index (κ1) is 12.3. The summed E-state index contributed by atoms with van der Waals surface area (Å²) in [7, 11) is 1.72. The van der Waals surface area contributed by atoms with E-state index in [1.54, 1.807) is 25.8 Å². The number of nitrogens with two attached hydrogens (primary N) is 1. The third kappa shape index (κ3) is 1.79. The van der Waals surface area contributed by atoms with Crippen molar-refractivity contribution >= 4 is 17.8 Å². The quantitative estimate of drug-likeness (QED) is 0.672. The van der Waals surface area contributed by atoms with Crippen molar-refractivity contribution in [2.45, 2.75) is 19.4 Å². The summed E-state index contributed by atoms with van der Waals surface area (Å²) < 4.78 is 0. The molecule has 3 N–H and O–H groups in total. The highest BCUT2D eigenvalue weighted by Gasteiger charge is 2.43. The van der Waals surface area contributed by atoms with Gasteiger partial charge in [0, 0.05) is 20.1 Å². The number of H-pyrrole nitrogens is 1. The van der Waals surface area contributed by atoms with Crippen LogP contribution in [0.1, 0.15) is 24.5 Å². The average molecular weight is 252 g/mol. The first-order valence-corrected chi connectivity index (χ1v) is 5.59. The number of hydrogen-bond acceptors (Lipinski definition) is 5. The molecule has 98 valence electrons. The summed E-state index contributed by atoms with van der Waals surface area (Å²) in [5.41, 5.74) is 4.47. The summed E-state index contributed by atoms with van der Waals surface area (Å²) in [4.78, 5) is 31.2. The zero-order chi connectivity index (χ0) is 13.5. The van der Waals surface area contributed by atoms with Crippen LogP contribution < -0.4 is 5.73 Å². The van der Waals surface area contributed by atoms with Crippen molar-refractivity contribution in [3.63, 3.8) is 0 Å². The number of carbonyl (C=O) groups excluding carboxylic acids is 2. The molecule has 2 amide bonds. The van der Waals surface area contributed by atoms with Crippen molar-refractivity contribution in [1.29, 1.82) is 0 Å². The number of likely N-dealkylation sites (N-methyl/N-ethyl adjacent to an activating group) is 1. The molecule has 2 rings (SSSR count). The van der Waals surface area contributed by atoms with E-state index in [1.165, 1.54) is 4.90 Å². The largest absolute Gasteiger partial charge is 0.366 e. The van der Waals surface area contributed by atoms with Gasteiger partial charge in [-0.05, 0) is 13.8 Å². The fourth-order valence-electron chi connectivity index (χ4n) is 2.07. The van der Waals surface area contributed by atoms with Crippen LogP contribution >= 0.6 is 0 Å². The van der Waals surface area contributed by atoms with Crippen LogP contribution in [0.15, 0.2) is 0 Å². The number of nitrogens with zero attached hydrogens (tertiary/aromatic N) is 4. The Kier molecular flexibility index (Phi) is 2.72. The minimum Gasteiger partial charge on any atom is -0.366 e. The summed E-state index contributed by atoms with van der Waals surface area (Å²) >= 11 is 0. The molecule has 1 saturated heterocycles. The maximum absolute atomic E-state index is 12.2.